The Bertz CT molecular complexity index is 371. The van der Waals surface area contributed by atoms with E-state index in [-0.39, 0.29) is 10.7 Å². The van der Waals surface area contributed by atoms with Gasteiger partial charge < -0.3 is 10.1 Å². The molecule has 0 atom stereocenters. The van der Waals surface area contributed by atoms with Crippen LogP contribution in [0.25, 0.3) is 0 Å². The van der Waals surface area contributed by atoms with Crippen molar-refractivity contribution < 1.29 is 9.53 Å². The molecule has 1 N–H and O–H groups in total. The number of nitrogens with zero attached hydrogens (tertiary/aromatic N) is 2. The third-order valence-corrected chi connectivity index (χ3v) is 2.16. The average molecular weight is 244 g/mol. The van der Waals surface area contributed by atoms with Crippen LogP contribution in [-0.2, 0) is 4.74 Å². The summed E-state index contributed by atoms with van der Waals surface area (Å²) in [5, 5.41) is 3.16. The molecule has 0 fully saturated rings. The van der Waals surface area contributed by atoms with Crippen molar-refractivity contribution in [1.82, 2.24) is 9.97 Å². The Morgan fingerprint density at radius 2 is 2.25 bits per heavy atom. The number of aromatic nitrogens is 2. The predicted octanol–water partition coefficient (Wildman–Crippen LogP) is 1.70. The fraction of sp³-hybridized carbons (Fsp3) is 0.500. The van der Waals surface area contributed by atoms with Gasteiger partial charge in [-0.1, -0.05) is 11.6 Å². The van der Waals surface area contributed by atoms with Gasteiger partial charge in [0.25, 0.3) is 0 Å². The van der Waals surface area contributed by atoms with Crippen LogP contribution in [0.1, 0.15) is 23.1 Å². The number of halogens is 1. The van der Waals surface area contributed by atoms with E-state index >= 15 is 0 Å². The SMILES string of the molecule is CCOCCNc1nc(C)nc(Cl)c1C=O. The quantitative estimate of drug-likeness (QED) is 0.468. The number of aryl methyl sites for hydroxylation is 1. The first-order valence-electron chi connectivity index (χ1n) is 5.00. The minimum absolute atomic E-state index is 0.168. The first-order chi connectivity index (χ1) is 7.69. The van der Waals surface area contributed by atoms with E-state index in [1.54, 1.807) is 6.92 Å². The van der Waals surface area contributed by atoms with Crippen molar-refractivity contribution in [2.24, 2.45) is 0 Å². The molecule has 0 amide bonds. The van der Waals surface area contributed by atoms with Crippen LogP contribution in [0.15, 0.2) is 0 Å². The van der Waals surface area contributed by atoms with E-state index < -0.39 is 0 Å². The van der Waals surface area contributed by atoms with Crippen LogP contribution in [0.4, 0.5) is 5.82 Å². The summed E-state index contributed by atoms with van der Waals surface area (Å²) in [5.41, 5.74) is 0.281. The Morgan fingerprint density at radius 1 is 1.50 bits per heavy atom. The maximum atomic E-state index is 10.8. The molecule has 0 aliphatic rings. The van der Waals surface area contributed by atoms with E-state index in [4.69, 9.17) is 16.3 Å². The van der Waals surface area contributed by atoms with Crippen molar-refractivity contribution in [2.75, 3.05) is 25.1 Å². The molecule has 0 aliphatic carbocycles. The maximum Gasteiger partial charge on any atom is 0.156 e. The highest BCUT2D eigenvalue weighted by atomic mass is 35.5. The standard InChI is InChI=1S/C10H14ClN3O2/c1-3-16-5-4-12-10-8(6-15)9(11)13-7(2)14-10/h6H,3-5H2,1-2H3,(H,12,13,14). The number of hydrogen-bond donors (Lipinski definition) is 1. The lowest BCUT2D eigenvalue weighted by Crippen LogP contribution is -2.13. The summed E-state index contributed by atoms with van der Waals surface area (Å²) in [6.45, 7) is 5.42. The van der Waals surface area contributed by atoms with Gasteiger partial charge in [0.1, 0.15) is 16.8 Å². The molecule has 5 nitrogen and oxygen atoms in total. The van der Waals surface area contributed by atoms with Crippen molar-refractivity contribution in [3.63, 3.8) is 0 Å². The maximum absolute atomic E-state index is 10.8. The first-order valence-corrected chi connectivity index (χ1v) is 5.37. The Morgan fingerprint density at radius 3 is 2.88 bits per heavy atom. The highest BCUT2D eigenvalue weighted by Crippen LogP contribution is 2.18. The van der Waals surface area contributed by atoms with Gasteiger partial charge in [0.05, 0.1) is 12.2 Å². The minimum atomic E-state index is 0.168. The van der Waals surface area contributed by atoms with Crippen LogP contribution in [0.5, 0.6) is 0 Å². The largest absolute Gasteiger partial charge is 0.380 e. The molecule has 0 unspecified atom stereocenters. The van der Waals surface area contributed by atoms with E-state index in [0.29, 0.717) is 37.7 Å². The molecular formula is C10H14ClN3O2. The van der Waals surface area contributed by atoms with E-state index in [2.05, 4.69) is 15.3 Å². The molecule has 0 aromatic carbocycles. The Labute approximate surface area is 99.2 Å². The fourth-order valence-electron chi connectivity index (χ4n) is 1.17. The van der Waals surface area contributed by atoms with E-state index in [9.17, 15) is 4.79 Å². The number of aldehydes is 1. The number of nitrogens with one attached hydrogen (secondary N) is 1. The Kier molecular flexibility index (Phi) is 5.14. The number of ether oxygens (including phenoxy) is 1. The summed E-state index contributed by atoms with van der Waals surface area (Å²) in [6.07, 6.45) is 0.644. The highest BCUT2D eigenvalue weighted by molar-refractivity contribution is 6.32. The zero-order valence-electron chi connectivity index (χ0n) is 9.29. The van der Waals surface area contributed by atoms with Gasteiger partial charge in [-0.25, -0.2) is 9.97 Å². The van der Waals surface area contributed by atoms with Crippen LogP contribution in [-0.4, -0.2) is 36.0 Å². The Balaban J connectivity index is 2.73. The summed E-state index contributed by atoms with van der Waals surface area (Å²) < 4.78 is 5.16. The van der Waals surface area contributed by atoms with Crippen molar-refractivity contribution >= 4 is 23.7 Å². The molecule has 0 spiro atoms. The molecule has 16 heavy (non-hydrogen) atoms. The van der Waals surface area contributed by atoms with Gasteiger partial charge in [0.15, 0.2) is 6.29 Å². The van der Waals surface area contributed by atoms with E-state index in [1.807, 2.05) is 6.92 Å². The monoisotopic (exact) mass is 243 g/mol. The van der Waals surface area contributed by atoms with Crippen LogP contribution >= 0.6 is 11.6 Å². The molecule has 0 radical (unpaired) electrons. The lowest BCUT2D eigenvalue weighted by Gasteiger charge is -2.09. The van der Waals surface area contributed by atoms with Gasteiger partial charge in [-0.2, -0.15) is 0 Å². The van der Waals surface area contributed by atoms with E-state index in [0.717, 1.165) is 0 Å². The lowest BCUT2D eigenvalue weighted by molar-refractivity contribution is 0.112. The van der Waals surface area contributed by atoms with Crippen LogP contribution in [0.3, 0.4) is 0 Å². The molecule has 88 valence electrons. The topological polar surface area (TPSA) is 64.1 Å². The van der Waals surface area contributed by atoms with Crippen molar-refractivity contribution in [3.8, 4) is 0 Å². The third-order valence-electron chi connectivity index (χ3n) is 1.87. The lowest BCUT2D eigenvalue weighted by atomic mass is 10.3. The Hall–Kier alpha value is -1.20. The summed E-state index contributed by atoms with van der Waals surface area (Å²) in [5.74, 6) is 0.974. The second-order valence-electron chi connectivity index (χ2n) is 3.07. The van der Waals surface area contributed by atoms with Crippen molar-refractivity contribution in [3.05, 3.63) is 16.5 Å². The zero-order chi connectivity index (χ0) is 12.0. The second kappa shape index (κ2) is 6.40. The number of anilines is 1. The highest BCUT2D eigenvalue weighted by Gasteiger charge is 2.10. The number of carbonyl (C=O) groups is 1. The smallest absolute Gasteiger partial charge is 0.156 e. The van der Waals surface area contributed by atoms with Crippen LogP contribution in [0, 0.1) is 6.92 Å². The zero-order valence-corrected chi connectivity index (χ0v) is 10.0. The number of carbonyl (C=O) groups excluding carboxylic acids is 1. The summed E-state index contributed by atoms with van der Waals surface area (Å²) >= 11 is 5.82. The summed E-state index contributed by atoms with van der Waals surface area (Å²) in [7, 11) is 0. The van der Waals surface area contributed by atoms with E-state index in [1.165, 1.54) is 0 Å². The molecular weight excluding hydrogens is 230 g/mol. The molecule has 0 saturated heterocycles. The third kappa shape index (κ3) is 3.43. The van der Waals surface area contributed by atoms with Gasteiger partial charge >= 0.3 is 0 Å². The molecule has 1 aromatic heterocycles. The van der Waals surface area contributed by atoms with Crippen LogP contribution < -0.4 is 5.32 Å². The fourth-order valence-corrected chi connectivity index (χ4v) is 1.43. The molecule has 0 saturated carbocycles. The van der Waals surface area contributed by atoms with Crippen molar-refractivity contribution in [1.29, 1.82) is 0 Å². The summed E-state index contributed by atoms with van der Waals surface area (Å²) in [4.78, 5) is 18.8. The molecule has 1 heterocycles. The molecule has 0 bridgehead atoms. The van der Waals surface area contributed by atoms with Gasteiger partial charge in [0.2, 0.25) is 0 Å². The molecule has 1 aromatic rings. The van der Waals surface area contributed by atoms with Gasteiger partial charge in [-0.05, 0) is 13.8 Å². The normalized spacial score (nSPS) is 10.2. The number of hydrogen-bond acceptors (Lipinski definition) is 5. The average Bonchev–Trinajstić information content (AvgIpc) is 2.24. The summed E-state index contributed by atoms with van der Waals surface area (Å²) in [6, 6.07) is 0. The van der Waals surface area contributed by atoms with Crippen molar-refractivity contribution in [2.45, 2.75) is 13.8 Å². The minimum Gasteiger partial charge on any atom is -0.380 e. The number of rotatable bonds is 6. The molecule has 6 heteroatoms. The second-order valence-corrected chi connectivity index (χ2v) is 3.42. The van der Waals surface area contributed by atoms with Gasteiger partial charge in [-0.3, -0.25) is 4.79 Å². The van der Waals surface area contributed by atoms with Gasteiger partial charge in [-0.15, -0.1) is 0 Å². The molecule has 1 rings (SSSR count). The van der Waals surface area contributed by atoms with Crippen LogP contribution in [0.2, 0.25) is 5.15 Å². The van der Waals surface area contributed by atoms with Gasteiger partial charge in [0, 0.05) is 13.2 Å². The first kappa shape index (κ1) is 12.9. The molecule has 0 aliphatic heterocycles. The predicted molar refractivity (Wildman–Crippen MR) is 62.1 cm³/mol.